The number of hydrogen-bond acceptors (Lipinski definition) is 7. The van der Waals surface area contributed by atoms with Gasteiger partial charge in [0, 0.05) is 55.0 Å². The molecular formula is C30H31FN6O3S. The topological polar surface area (TPSA) is 103 Å². The van der Waals surface area contributed by atoms with E-state index in [9.17, 15) is 14.0 Å². The second-order valence-corrected chi connectivity index (χ2v) is 11.5. The molecule has 1 atom stereocenters. The summed E-state index contributed by atoms with van der Waals surface area (Å²) in [4.78, 5) is 35.1. The number of carbonyl (C=O) groups excluding carboxylic acids is 2. The van der Waals surface area contributed by atoms with Crippen LogP contribution < -0.4 is 5.32 Å². The fraction of sp³-hybridized carbons (Fsp3) is 0.333. The summed E-state index contributed by atoms with van der Waals surface area (Å²) in [7, 11) is 1.59. The zero-order chi connectivity index (χ0) is 28.4. The van der Waals surface area contributed by atoms with Gasteiger partial charge in [0.2, 0.25) is 11.8 Å². The van der Waals surface area contributed by atoms with Crippen LogP contribution >= 0.6 is 11.3 Å². The lowest BCUT2D eigenvalue weighted by atomic mass is 9.87. The van der Waals surface area contributed by atoms with Crippen LogP contribution in [0.1, 0.15) is 17.8 Å². The van der Waals surface area contributed by atoms with Crippen LogP contribution in [-0.4, -0.2) is 83.2 Å². The molecule has 0 bridgehead atoms. The molecule has 2 aliphatic heterocycles. The summed E-state index contributed by atoms with van der Waals surface area (Å²) in [6, 6.07) is 11.7. The number of likely N-dealkylation sites (tertiary alicyclic amines) is 1. The Morgan fingerprint density at radius 3 is 2.78 bits per heavy atom. The lowest BCUT2D eigenvalue weighted by Gasteiger charge is -2.29. The highest BCUT2D eigenvalue weighted by Gasteiger charge is 2.45. The number of ether oxygens (including phenoxy) is 1. The third-order valence-electron chi connectivity index (χ3n) is 7.90. The minimum absolute atomic E-state index is 0.0618. The number of carbonyl (C=O) groups is 2. The monoisotopic (exact) mass is 574 g/mol. The number of benzene rings is 2. The van der Waals surface area contributed by atoms with Gasteiger partial charge in [-0.2, -0.15) is 5.10 Å². The first-order valence-corrected chi connectivity index (χ1v) is 14.5. The van der Waals surface area contributed by atoms with E-state index < -0.39 is 5.41 Å². The maximum Gasteiger partial charge on any atom is 0.237 e. The Morgan fingerprint density at radius 2 is 2.05 bits per heavy atom. The van der Waals surface area contributed by atoms with Crippen molar-refractivity contribution in [3.63, 3.8) is 0 Å². The molecule has 1 fully saturated rings. The molecule has 0 saturated carbocycles. The van der Waals surface area contributed by atoms with Gasteiger partial charge in [0.05, 0.1) is 29.8 Å². The number of fused-ring (bicyclic) bond motifs is 1. The van der Waals surface area contributed by atoms with E-state index in [-0.39, 0.29) is 30.8 Å². The third-order valence-corrected chi connectivity index (χ3v) is 8.75. The number of aromatic amines is 1. The van der Waals surface area contributed by atoms with Crippen LogP contribution in [0.15, 0.2) is 60.1 Å². The first-order valence-electron chi connectivity index (χ1n) is 13.6. The van der Waals surface area contributed by atoms with Crippen LogP contribution in [0, 0.1) is 11.2 Å². The average molecular weight is 575 g/mol. The van der Waals surface area contributed by atoms with E-state index in [0.717, 1.165) is 27.9 Å². The molecule has 1 saturated heterocycles. The molecule has 1 unspecified atom stereocenters. The Labute approximate surface area is 241 Å². The van der Waals surface area contributed by atoms with Gasteiger partial charge < -0.3 is 15.0 Å². The number of aromatic nitrogens is 3. The number of halogens is 1. The molecule has 212 valence electrons. The Bertz CT molecular complexity index is 1590. The van der Waals surface area contributed by atoms with E-state index in [4.69, 9.17) is 4.74 Å². The zero-order valence-corrected chi connectivity index (χ0v) is 23.5. The van der Waals surface area contributed by atoms with E-state index in [0.29, 0.717) is 44.0 Å². The molecular weight excluding hydrogens is 543 g/mol. The summed E-state index contributed by atoms with van der Waals surface area (Å²) in [5.41, 5.74) is 3.31. The third kappa shape index (κ3) is 5.65. The fourth-order valence-corrected chi connectivity index (χ4v) is 6.39. The minimum Gasteiger partial charge on any atom is -0.384 e. The standard InChI is InChI=1S/C30H31FN6O3S/c1-40-19-30(10-14-36(18-30)17-26(38)37-12-8-21(9-13-37)28-32-11-15-41-28)29(39)33-23-6-7-25-24(16-23)27(35-34-25)20-2-4-22(31)5-3-20/h2-8,11,15-16H,9-10,12-14,17-19H2,1H3,(H,33,39)(H,34,35). The molecule has 0 radical (unpaired) electrons. The van der Waals surface area contributed by atoms with Crippen molar-refractivity contribution in [1.82, 2.24) is 25.0 Å². The molecule has 2 N–H and O–H groups in total. The molecule has 0 aliphatic carbocycles. The number of nitrogens with zero attached hydrogens (tertiary/aromatic N) is 4. The lowest BCUT2D eigenvalue weighted by Crippen LogP contribution is -2.45. The number of rotatable bonds is 8. The second kappa shape index (κ2) is 11.5. The average Bonchev–Trinajstić information content (AvgIpc) is 3.75. The van der Waals surface area contributed by atoms with Crippen molar-refractivity contribution in [2.24, 2.45) is 5.41 Å². The van der Waals surface area contributed by atoms with Crippen LogP contribution in [0.5, 0.6) is 0 Å². The van der Waals surface area contributed by atoms with E-state index >= 15 is 0 Å². The molecule has 2 aromatic carbocycles. The van der Waals surface area contributed by atoms with Gasteiger partial charge in [-0.05, 0) is 67.4 Å². The van der Waals surface area contributed by atoms with Crippen molar-refractivity contribution in [2.45, 2.75) is 12.8 Å². The highest BCUT2D eigenvalue weighted by molar-refractivity contribution is 7.10. The molecule has 41 heavy (non-hydrogen) atoms. The van der Waals surface area contributed by atoms with Crippen molar-refractivity contribution in [1.29, 1.82) is 0 Å². The van der Waals surface area contributed by atoms with Gasteiger partial charge in [-0.3, -0.25) is 19.6 Å². The minimum atomic E-state index is -0.778. The largest absolute Gasteiger partial charge is 0.384 e. The number of amides is 2. The number of hydrogen-bond donors (Lipinski definition) is 2. The summed E-state index contributed by atoms with van der Waals surface area (Å²) < 4.78 is 18.9. The molecule has 2 amide bonds. The molecule has 0 spiro atoms. The molecule has 2 aliphatic rings. The van der Waals surface area contributed by atoms with Crippen molar-refractivity contribution in [2.75, 3.05) is 51.8 Å². The van der Waals surface area contributed by atoms with Gasteiger partial charge >= 0.3 is 0 Å². The van der Waals surface area contributed by atoms with E-state index in [1.165, 1.54) is 17.7 Å². The van der Waals surface area contributed by atoms with Gasteiger partial charge in [-0.15, -0.1) is 11.3 Å². The quantitative estimate of drug-likeness (QED) is 0.323. The van der Waals surface area contributed by atoms with Crippen molar-refractivity contribution in [3.8, 4) is 11.3 Å². The molecule has 2 aromatic heterocycles. The van der Waals surface area contributed by atoms with E-state index in [1.54, 1.807) is 36.8 Å². The van der Waals surface area contributed by atoms with Gasteiger partial charge in [-0.1, -0.05) is 6.08 Å². The van der Waals surface area contributed by atoms with Crippen LogP contribution in [0.2, 0.25) is 0 Å². The SMILES string of the molecule is COCC1(C(=O)Nc2ccc3[nH]nc(-c4ccc(F)cc4)c3c2)CCN(CC(=O)N2CC=C(c3nccs3)CC2)C1. The predicted molar refractivity (Wildman–Crippen MR) is 157 cm³/mol. The maximum atomic E-state index is 13.7. The van der Waals surface area contributed by atoms with Gasteiger partial charge in [0.15, 0.2) is 0 Å². The second-order valence-electron chi connectivity index (χ2n) is 10.6. The van der Waals surface area contributed by atoms with Gasteiger partial charge in [-0.25, -0.2) is 9.37 Å². The Hall–Kier alpha value is -3.93. The maximum absolute atomic E-state index is 13.7. The fourth-order valence-electron chi connectivity index (χ4n) is 5.68. The highest BCUT2D eigenvalue weighted by Crippen LogP contribution is 2.34. The van der Waals surface area contributed by atoms with Crippen LogP contribution in [0.4, 0.5) is 10.1 Å². The Kier molecular flexibility index (Phi) is 7.65. The van der Waals surface area contributed by atoms with Crippen LogP contribution in [-0.2, 0) is 14.3 Å². The van der Waals surface area contributed by atoms with Crippen LogP contribution in [0.3, 0.4) is 0 Å². The first kappa shape index (κ1) is 27.3. The van der Waals surface area contributed by atoms with Gasteiger partial charge in [0.1, 0.15) is 10.8 Å². The first-order chi connectivity index (χ1) is 19.9. The molecule has 6 rings (SSSR count). The number of anilines is 1. The zero-order valence-electron chi connectivity index (χ0n) is 22.7. The summed E-state index contributed by atoms with van der Waals surface area (Å²) in [6.07, 6.45) is 5.27. The number of methoxy groups -OCH3 is 1. The molecule has 11 heteroatoms. The summed E-state index contributed by atoms with van der Waals surface area (Å²) in [6.45, 7) is 2.82. The smallest absolute Gasteiger partial charge is 0.237 e. The summed E-state index contributed by atoms with van der Waals surface area (Å²) in [5, 5.41) is 14.3. The van der Waals surface area contributed by atoms with E-state index in [2.05, 4.69) is 26.6 Å². The van der Waals surface area contributed by atoms with Crippen molar-refractivity contribution < 1.29 is 18.7 Å². The summed E-state index contributed by atoms with van der Waals surface area (Å²) >= 11 is 1.62. The number of nitrogens with one attached hydrogen (secondary N) is 2. The van der Waals surface area contributed by atoms with Crippen molar-refractivity contribution in [3.05, 3.63) is 70.9 Å². The van der Waals surface area contributed by atoms with Gasteiger partial charge in [0.25, 0.3) is 0 Å². The van der Waals surface area contributed by atoms with E-state index in [1.807, 2.05) is 33.4 Å². The van der Waals surface area contributed by atoms with Crippen LogP contribution in [0.25, 0.3) is 27.7 Å². The highest BCUT2D eigenvalue weighted by atomic mass is 32.1. The normalized spacial score (nSPS) is 19.5. The Morgan fingerprint density at radius 1 is 1.20 bits per heavy atom. The molecule has 4 heterocycles. The summed E-state index contributed by atoms with van der Waals surface area (Å²) in [5.74, 6) is -0.396. The molecule has 9 nitrogen and oxygen atoms in total. The number of thiazole rings is 1. The molecule has 4 aromatic rings. The number of H-pyrrole nitrogens is 1. The lowest BCUT2D eigenvalue weighted by molar-refractivity contribution is -0.133. The predicted octanol–water partition coefficient (Wildman–Crippen LogP) is 4.42. The Balaban J connectivity index is 1.12. The van der Waals surface area contributed by atoms with Crippen molar-refractivity contribution >= 4 is 45.3 Å².